The average molecular weight is 188 g/mol. The van der Waals surface area contributed by atoms with Crippen molar-refractivity contribution in [1.82, 2.24) is 0 Å². The molecule has 1 nitrogen and oxygen atoms in total. The molecule has 0 saturated heterocycles. The minimum absolute atomic E-state index is 0.799. The van der Waals surface area contributed by atoms with Crippen LogP contribution in [0.3, 0.4) is 0 Å². The van der Waals surface area contributed by atoms with Crippen LogP contribution in [-0.2, 0) is 0 Å². The van der Waals surface area contributed by atoms with Crippen LogP contribution in [0.4, 0.5) is 0 Å². The van der Waals surface area contributed by atoms with E-state index in [-0.39, 0.29) is 0 Å². The third kappa shape index (κ3) is 3.51. The van der Waals surface area contributed by atoms with Crippen LogP contribution >= 0.6 is 0 Å². The molecule has 74 valence electrons. The van der Waals surface area contributed by atoms with Crippen LogP contribution in [-0.4, -0.2) is 6.61 Å². The first-order valence-electron chi connectivity index (χ1n) is 4.95. The highest BCUT2D eigenvalue weighted by Crippen LogP contribution is 2.13. The Bertz CT molecular complexity index is 305. The van der Waals surface area contributed by atoms with E-state index in [1.807, 2.05) is 30.3 Å². The fraction of sp³-hybridized carbons (Fsp3) is 0.308. The van der Waals surface area contributed by atoms with Crippen LogP contribution in [0.1, 0.15) is 25.3 Å². The van der Waals surface area contributed by atoms with Crippen LogP contribution in [0, 0.1) is 0 Å². The zero-order valence-corrected chi connectivity index (χ0v) is 8.62. The first-order valence-corrected chi connectivity index (χ1v) is 4.95. The number of ether oxygens (including phenoxy) is 1. The van der Waals surface area contributed by atoms with Crippen molar-refractivity contribution in [3.05, 3.63) is 42.1 Å². The summed E-state index contributed by atoms with van der Waals surface area (Å²) in [4.78, 5) is 0. The summed E-state index contributed by atoms with van der Waals surface area (Å²) in [6.07, 6.45) is 4.11. The van der Waals surface area contributed by atoms with Gasteiger partial charge in [0.1, 0.15) is 5.75 Å². The summed E-state index contributed by atoms with van der Waals surface area (Å²) in [7, 11) is 0. The minimum Gasteiger partial charge on any atom is -0.494 e. The molecule has 0 aliphatic heterocycles. The van der Waals surface area contributed by atoms with Gasteiger partial charge in [0.15, 0.2) is 0 Å². The first-order chi connectivity index (χ1) is 6.86. The number of hydrogen-bond acceptors (Lipinski definition) is 1. The maximum absolute atomic E-state index is 5.53. The fourth-order valence-electron chi connectivity index (χ4n) is 1.11. The quantitative estimate of drug-likeness (QED) is 0.506. The number of benzene rings is 1. The summed E-state index contributed by atoms with van der Waals surface area (Å²) in [5.74, 6) is 0.930. The lowest BCUT2D eigenvalue weighted by atomic mass is 10.2. The summed E-state index contributed by atoms with van der Waals surface area (Å²) < 4.78 is 5.53. The van der Waals surface area contributed by atoms with Crippen molar-refractivity contribution in [2.24, 2.45) is 0 Å². The molecular weight excluding hydrogens is 172 g/mol. The van der Waals surface area contributed by atoms with Crippen molar-refractivity contribution in [2.45, 2.75) is 19.8 Å². The Hall–Kier alpha value is -1.46. The maximum atomic E-state index is 5.53. The standard InChI is InChI=1S/C13H16O/c1-3-5-11-14-13-9-7-12(6-4-2)8-10-13/h6-10H,2-3,5,11H2,1H3. The van der Waals surface area contributed by atoms with Crippen LogP contribution < -0.4 is 4.74 Å². The molecule has 0 spiro atoms. The molecule has 1 rings (SSSR count). The van der Waals surface area contributed by atoms with Crippen molar-refractivity contribution in [2.75, 3.05) is 6.61 Å². The lowest BCUT2D eigenvalue weighted by molar-refractivity contribution is 0.309. The number of hydrogen-bond donors (Lipinski definition) is 0. The van der Waals surface area contributed by atoms with Crippen molar-refractivity contribution in [1.29, 1.82) is 0 Å². The van der Waals surface area contributed by atoms with Crippen molar-refractivity contribution in [3.8, 4) is 5.75 Å². The molecule has 0 saturated carbocycles. The highest BCUT2D eigenvalue weighted by Gasteiger charge is 1.92. The van der Waals surface area contributed by atoms with E-state index in [0.29, 0.717) is 0 Å². The van der Waals surface area contributed by atoms with Gasteiger partial charge in [-0.3, -0.25) is 0 Å². The molecule has 1 aromatic rings. The Kier molecular flexibility index (Phi) is 4.60. The predicted octanol–water partition coefficient (Wildman–Crippen LogP) is 3.66. The third-order valence-electron chi connectivity index (χ3n) is 1.92. The van der Waals surface area contributed by atoms with Crippen LogP contribution in [0.2, 0.25) is 0 Å². The maximum Gasteiger partial charge on any atom is 0.119 e. The summed E-state index contributed by atoms with van der Waals surface area (Å²) >= 11 is 0. The molecule has 0 fully saturated rings. The van der Waals surface area contributed by atoms with Gasteiger partial charge < -0.3 is 4.74 Å². The normalized spacial score (nSPS) is 9.21. The van der Waals surface area contributed by atoms with Gasteiger partial charge >= 0.3 is 0 Å². The predicted molar refractivity (Wildman–Crippen MR) is 60.4 cm³/mol. The van der Waals surface area contributed by atoms with E-state index in [1.165, 1.54) is 0 Å². The van der Waals surface area contributed by atoms with Gasteiger partial charge in [0.2, 0.25) is 0 Å². The van der Waals surface area contributed by atoms with Gasteiger partial charge in [-0.05, 0) is 30.2 Å². The lowest BCUT2D eigenvalue weighted by Crippen LogP contribution is -1.95. The van der Waals surface area contributed by atoms with E-state index in [1.54, 1.807) is 0 Å². The van der Waals surface area contributed by atoms with Crippen molar-refractivity contribution >= 4 is 6.08 Å². The van der Waals surface area contributed by atoms with E-state index in [9.17, 15) is 0 Å². The van der Waals surface area contributed by atoms with E-state index < -0.39 is 0 Å². The van der Waals surface area contributed by atoms with Crippen LogP contribution in [0.25, 0.3) is 6.08 Å². The third-order valence-corrected chi connectivity index (χ3v) is 1.92. The summed E-state index contributed by atoms with van der Waals surface area (Å²) in [6.45, 7) is 6.48. The Balaban J connectivity index is 2.50. The molecule has 0 aliphatic rings. The Labute approximate surface area is 85.7 Å². The molecule has 0 radical (unpaired) electrons. The molecule has 1 heteroatoms. The zero-order chi connectivity index (χ0) is 10.2. The molecular formula is C13H16O. The highest BCUT2D eigenvalue weighted by atomic mass is 16.5. The highest BCUT2D eigenvalue weighted by molar-refractivity contribution is 5.49. The van der Waals surface area contributed by atoms with Gasteiger partial charge in [-0.15, -0.1) is 5.73 Å². The van der Waals surface area contributed by atoms with E-state index in [4.69, 9.17) is 4.74 Å². The van der Waals surface area contributed by atoms with E-state index in [2.05, 4.69) is 19.2 Å². The molecule has 0 heterocycles. The molecule has 0 aliphatic carbocycles. The second-order valence-corrected chi connectivity index (χ2v) is 3.12. The van der Waals surface area contributed by atoms with Gasteiger partial charge in [0, 0.05) is 0 Å². The number of unbranched alkanes of at least 4 members (excludes halogenated alkanes) is 1. The summed E-state index contributed by atoms with van der Waals surface area (Å²) in [5, 5.41) is 0. The summed E-state index contributed by atoms with van der Waals surface area (Å²) in [5.41, 5.74) is 3.84. The van der Waals surface area contributed by atoms with Crippen molar-refractivity contribution < 1.29 is 4.74 Å². The van der Waals surface area contributed by atoms with Gasteiger partial charge in [-0.1, -0.05) is 32.1 Å². The van der Waals surface area contributed by atoms with Gasteiger partial charge in [0.25, 0.3) is 0 Å². The summed E-state index contributed by atoms with van der Waals surface area (Å²) in [6, 6.07) is 7.94. The molecule has 0 amide bonds. The molecule has 0 atom stereocenters. The second-order valence-electron chi connectivity index (χ2n) is 3.12. The molecule has 0 aromatic heterocycles. The van der Waals surface area contributed by atoms with E-state index >= 15 is 0 Å². The Morgan fingerprint density at radius 2 is 2.07 bits per heavy atom. The van der Waals surface area contributed by atoms with E-state index in [0.717, 1.165) is 30.8 Å². The minimum atomic E-state index is 0.799. The van der Waals surface area contributed by atoms with Crippen molar-refractivity contribution in [3.63, 3.8) is 0 Å². The molecule has 1 aromatic carbocycles. The lowest BCUT2D eigenvalue weighted by Gasteiger charge is -2.04. The Morgan fingerprint density at radius 3 is 2.64 bits per heavy atom. The molecule has 0 bridgehead atoms. The number of rotatable bonds is 5. The Morgan fingerprint density at radius 1 is 1.36 bits per heavy atom. The fourth-order valence-corrected chi connectivity index (χ4v) is 1.11. The molecule has 14 heavy (non-hydrogen) atoms. The topological polar surface area (TPSA) is 9.23 Å². The smallest absolute Gasteiger partial charge is 0.119 e. The molecule has 0 unspecified atom stereocenters. The second kappa shape index (κ2) is 6.06. The molecule has 0 N–H and O–H groups in total. The first kappa shape index (κ1) is 10.6. The SMILES string of the molecule is C=C=Cc1ccc(OCCCC)cc1. The largest absolute Gasteiger partial charge is 0.494 e. The van der Waals surface area contributed by atoms with Gasteiger partial charge in [-0.2, -0.15) is 0 Å². The monoisotopic (exact) mass is 188 g/mol. The van der Waals surface area contributed by atoms with Crippen LogP contribution in [0.15, 0.2) is 36.6 Å². The zero-order valence-electron chi connectivity index (χ0n) is 8.62. The van der Waals surface area contributed by atoms with Gasteiger partial charge in [-0.25, -0.2) is 0 Å². The van der Waals surface area contributed by atoms with Gasteiger partial charge in [0.05, 0.1) is 6.61 Å². The van der Waals surface area contributed by atoms with Crippen LogP contribution in [0.5, 0.6) is 5.75 Å². The average Bonchev–Trinajstić information content (AvgIpc) is 2.21.